The molecule has 2 aromatic rings. The number of aromatic nitrogens is 3. The van der Waals surface area contributed by atoms with E-state index in [0.717, 1.165) is 17.3 Å². The minimum Gasteiger partial charge on any atom is -0.494 e. The van der Waals surface area contributed by atoms with Gasteiger partial charge >= 0.3 is 0 Å². The lowest BCUT2D eigenvalue weighted by atomic mass is 10.2. The van der Waals surface area contributed by atoms with Gasteiger partial charge in [0.15, 0.2) is 5.82 Å². The lowest BCUT2D eigenvalue weighted by Gasteiger charge is -2.22. The second-order valence-electron chi connectivity index (χ2n) is 4.14. The molecule has 1 aromatic carbocycles. The molecule has 100 valence electrons. The van der Waals surface area contributed by atoms with Crippen molar-refractivity contribution in [2.75, 3.05) is 26.9 Å². The molecule has 0 radical (unpaired) electrons. The maximum Gasteiger partial charge on any atom is 0.163 e. The number of nitrogens with zero attached hydrogens (tertiary/aromatic N) is 3. The molecule has 1 aliphatic heterocycles. The summed E-state index contributed by atoms with van der Waals surface area (Å²) in [5.41, 5.74) is 0.840. The Bertz CT molecular complexity index is 550. The Morgan fingerprint density at radius 1 is 1.32 bits per heavy atom. The Hall–Kier alpha value is -1.92. The highest BCUT2D eigenvalue weighted by Gasteiger charge is 2.23. The van der Waals surface area contributed by atoms with Crippen molar-refractivity contribution >= 4 is 0 Å². The molecule has 1 fully saturated rings. The Balaban J connectivity index is 1.99. The van der Waals surface area contributed by atoms with E-state index in [9.17, 15) is 0 Å². The van der Waals surface area contributed by atoms with E-state index in [4.69, 9.17) is 14.2 Å². The van der Waals surface area contributed by atoms with Crippen LogP contribution >= 0.6 is 0 Å². The topological polar surface area (TPSA) is 58.4 Å². The zero-order valence-electron chi connectivity index (χ0n) is 10.7. The van der Waals surface area contributed by atoms with Gasteiger partial charge in [-0.1, -0.05) is 12.1 Å². The van der Waals surface area contributed by atoms with Crippen molar-refractivity contribution in [1.82, 2.24) is 14.8 Å². The van der Waals surface area contributed by atoms with Crippen LogP contribution < -0.4 is 4.74 Å². The highest BCUT2D eigenvalue weighted by Crippen LogP contribution is 2.26. The molecule has 1 atom stereocenters. The molecule has 0 saturated carbocycles. The number of methoxy groups -OCH3 is 1. The number of para-hydroxylation sites is 2. The first kappa shape index (κ1) is 12.1. The van der Waals surface area contributed by atoms with Crippen LogP contribution in [0.15, 0.2) is 30.6 Å². The molecule has 0 spiro atoms. The standard InChI is InChI=1S/C13H15N3O3/c1-17-11-5-3-2-4-10(11)16-13(14-9-15-16)12-8-18-6-7-19-12/h2-5,9,12H,6-8H2,1H3. The molecule has 19 heavy (non-hydrogen) atoms. The average molecular weight is 261 g/mol. The lowest BCUT2D eigenvalue weighted by molar-refractivity contribution is -0.0942. The summed E-state index contributed by atoms with van der Waals surface area (Å²) >= 11 is 0. The Morgan fingerprint density at radius 3 is 3.00 bits per heavy atom. The summed E-state index contributed by atoms with van der Waals surface area (Å²) in [7, 11) is 1.63. The fourth-order valence-corrected chi connectivity index (χ4v) is 2.10. The molecule has 6 nitrogen and oxygen atoms in total. The van der Waals surface area contributed by atoms with E-state index in [1.165, 1.54) is 6.33 Å². The second kappa shape index (κ2) is 5.38. The summed E-state index contributed by atoms with van der Waals surface area (Å²) < 4.78 is 18.2. The molecular formula is C13H15N3O3. The molecule has 0 aliphatic carbocycles. The summed E-state index contributed by atoms with van der Waals surface area (Å²) in [6, 6.07) is 7.67. The van der Waals surface area contributed by atoms with Crippen LogP contribution in [0.1, 0.15) is 11.9 Å². The summed E-state index contributed by atoms with van der Waals surface area (Å²) in [5, 5.41) is 4.26. The number of hydrogen-bond donors (Lipinski definition) is 0. The molecule has 1 saturated heterocycles. The number of hydrogen-bond acceptors (Lipinski definition) is 5. The van der Waals surface area contributed by atoms with Crippen molar-refractivity contribution in [2.24, 2.45) is 0 Å². The van der Waals surface area contributed by atoms with Crippen molar-refractivity contribution in [3.8, 4) is 11.4 Å². The van der Waals surface area contributed by atoms with Gasteiger partial charge in [-0.05, 0) is 12.1 Å². The third-order valence-corrected chi connectivity index (χ3v) is 2.99. The van der Waals surface area contributed by atoms with E-state index in [2.05, 4.69) is 10.1 Å². The molecule has 0 N–H and O–H groups in total. The van der Waals surface area contributed by atoms with E-state index in [1.54, 1.807) is 11.8 Å². The van der Waals surface area contributed by atoms with Gasteiger partial charge in [0.25, 0.3) is 0 Å². The fourth-order valence-electron chi connectivity index (χ4n) is 2.10. The van der Waals surface area contributed by atoms with Gasteiger partial charge in [0.05, 0.1) is 26.9 Å². The smallest absolute Gasteiger partial charge is 0.163 e. The van der Waals surface area contributed by atoms with Gasteiger partial charge in [0.2, 0.25) is 0 Å². The molecule has 6 heteroatoms. The highest BCUT2D eigenvalue weighted by atomic mass is 16.6. The molecule has 1 unspecified atom stereocenters. The molecule has 1 aliphatic rings. The van der Waals surface area contributed by atoms with Gasteiger partial charge in [0, 0.05) is 0 Å². The molecule has 0 bridgehead atoms. The van der Waals surface area contributed by atoms with Gasteiger partial charge in [-0.25, -0.2) is 9.67 Å². The van der Waals surface area contributed by atoms with E-state index in [0.29, 0.717) is 19.8 Å². The van der Waals surface area contributed by atoms with Crippen molar-refractivity contribution in [2.45, 2.75) is 6.10 Å². The zero-order chi connectivity index (χ0) is 13.1. The quantitative estimate of drug-likeness (QED) is 0.835. The minimum absolute atomic E-state index is 0.193. The predicted molar refractivity (Wildman–Crippen MR) is 67.4 cm³/mol. The van der Waals surface area contributed by atoms with Crippen LogP contribution in [0.25, 0.3) is 5.69 Å². The highest BCUT2D eigenvalue weighted by molar-refractivity contribution is 5.46. The van der Waals surface area contributed by atoms with E-state index >= 15 is 0 Å². The summed E-state index contributed by atoms with van der Waals surface area (Å²) in [4.78, 5) is 4.28. The van der Waals surface area contributed by atoms with Crippen molar-refractivity contribution < 1.29 is 14.2 Å². The van der Waals surface area contributed by atoms with Gasteiger partial charge in [-0.3, -0.25) is 0 Å². The van der Waals surface area contributed by atoms with Crippen LogP contribution in [-0.4, -0.2) is 41.7 Å². The first-order valence-corrected chi connectivity index (χ1v) is 6.13. The summed E-state index contributed by atoms with van der Waals surface area (Å²) in [5.74, 6) is 1.47. The molecular weight excluding hydrogens is 246 g/mol. The normalized spacial score (nSPS) is 19.3. The van der Waals surface area contributed by atoms with Gasteiger partial charge in [-0.2, -0.15) is 5.10 Å². The molecule has 1 aromatic heterocycles. The summed E-state index contributed by atoms with van der Waals surface area (Å²) in [6.45, 7) is 1.69. The maximum absolute atomic E-state index is 5.67. The predicted octanol–water partition coefficient (Wildman–Crippen LogP) is 1.36. The van der Waals surface area contributed by atoms with E-state index in [-0.39, 0.29) is 6.10 Å². The first-order valence-electron chi connectivity index (χ1n) is 6.13. The third kappa shape index (κ3) is 2.32. The number of rotatable bonds is 3. The number of ether oxygens (including phenoxy) is 3. The van der Waals surface area contributed by atoms with Crippen LogP contribution in [0.3, 0.4) is 0 Å². The van der Waals surface area contributed by atoms with Gasteiger partial charge < -0.3 is 14.2 Å². The van der Waals surface area contributed by atoms with Crippen molar-refractivity contribution in [3.63, 3.8) is 0 Å². The van der Waals surface area contributed by atoms with Crippen LogP contribution in [0.5, 0.6) is 5.75 Å². The average Bonchev–Trinajstić information content (AvgIpc) is 2.97. The second-order valence-corrected chi connectivity index (χ2v) is 4.14. The van der Waals surface area contributed by atoms with Gasteiger partial charge in [0.1, 0.15) is 23.9 Å². The Morgan fingerprint density at radius 2 is 2.21 bits per heavy atom. The molecule has 0 amide bonds. The van der Waals surface area contributed by atoms with Crippen LogP contribution in [0.4, 0.5) is 0 Å². The van der Waals surface area contributed by atoms with E-state index < -0.39 is 0 Å². The van der Waals surface area contributed by atoms with Gasteiger partial charge in [-0.15, -0.1) is 0 Å². The van der Waals surface area contributed by atoms with Crippen LogP contribution in [0.2, 0.25) is 0 Å². The fraction of sp³-hybridized carbons (Fsp3) is 0.385. The Labute approximate surface area is 110 Å². The largest absolute Gasteiger partial charge is 0.494 e. The van der Waals surface area contributed by atoms with Crippen LogP contribution in [0, 0.1) is 0 Å². The lowest BCUT2D eigenvalue weighted by Crippen LogP contribution is -2.24. The first-order chi connectivity index (χ1) is 9.40. The SMILES string of the molecule is COc1ccccc1-n1ncnc1C1COCCO1. The van der Waals surface area contributed by atoms with Crippen molar-refractivity contribution in [1.29, 1.82) is 0 Å². The van der Waals surface area contributed by atoms with Crippen molar-refractivity contribution in [3.05, 3.63) is 36.4 Å². The van der Waals surface area contributed by atoms with Crippen LogP contribution in [-0.2, 0) is 9.47 Å². The van der Waals surface area contributed by atoms with E-state index in [1.807, 2.05) is 24.3 Å². The maximum atomic E-state index is 5.67. The minimum atomic E-state index is -0.193. The summed E-state index contributed by atoms with van der Waals surface area (Å²) in [6.07, 6.45) is 1.32. The zero-order valence-corrected chi connectivity index (χ0v) is 10.7. The third-order valence-electron chi connectivity index (χ3n) is 2.99. The number of benzene rings is 1. The molecule has 2 heterocycles. The monoisotopic (exact) mass is 261 g/mol. The molecule has 3 rings (SSSR count). The Kier molecular flexibility index (Phi) is 3.43.